The van der Waals surface area contributed by atoms with Crippen LogP contribution in [0.4, 0.5) is 5.69 Å². The van der Waals surface area contributed by atoms with Crippen molar-refractivity contribution >= 4 is 39.7 Å². The van der Waals surface area contributed by atoms with E-state index in [-0.39, 0.29) is 6.54 Å². The first kappa shape index (κ1) is 18.0. The van der Waals surface area contributed by atoms with Gasteiger partial charge in [0.15, 0.2) is 5.65 Å². The molecule has 1 amide bonds. The van der Waals surface area contributed by atoms with Crippen LogP contribution in [0.25, 0.3) is 16.6 Å². The Morgan fingerprint density at radius 1 is 1.29 bits per heavy atom. The number of nitrogens with zero attached hydrogens (tertiary/aromatic N) is 4. The van der Waals surface area contributed by atoms with Gasteiger partial charge in [-0.15, -0.1) is 5.10 Å². The fraction of sp³-hybridized carbons (Fsp3) is 0.158. The summed E-state index contributed by atoms with van der Waals surface area (Å²) >= 11 is 5.98. The van der Waals surface area contributed by atoms with E-state index in [2.05, 4.69) is 15.4 Å². The van der Waals surface area contributed by atoms with Crippen LogP contribution in [-0.2, 0) is 11.3 Å². The summed E-state index contributed by atoms with van der Waals surface area (Å²) in [6, 6.07) is 10.5. The van der Waals surface area contributed by atoms with Gasteiger partial charge in [-0.05, 0) is 36.8 Å². The molecule has 9 heteroatoms. The largest absolute Gasteiger partial charge is 0.495 e. The lowest BCUT2D eigenvalue weighted by molar-refractivity contribution is -0.117. The molecule has 4 rings (SSSR count). The molecule has 0 spiro atoms. The first-order valence-electron chi connectivity index (χ1n) is 8.45. The maximum atomic E-state index is 12.6. The molecule has 142 valence electrons. The number of amides is 1. The Kier molecular flexibility index (Phi) is 4.48. The number of aromatic nitrogens is 4. The van der Waals surface area contributed by atoms with Crippen molar-refractivity contribution < 1.29 is 9.53 Å². The highest BCUT2D eigenvalue weighted by molar-refractivity contribution is 6.31. The second-order valence-electron chi connectivity index (χ2n) is 6.24. The number of ether oxygens (including phenoxy) is 1. The van der Waals surface area contributed by atoms with Gasteiger partial charge < -0.3 is 10.1 Å². The van der Waals surface area contributed by atoms with Gasteiger partial charge in [0.25, 0.3) is 0 Å². The molecule has 8 nitrogen and oxygen atoms in total. The van der Waals surface area contributed by atoms with Gasteiger partial charge in [0.05, 0.1) is 18.3 Å². The molecule has 0 bridgehead atoms. The van der Waals surface area contributed by atoms with Crippen LogP contribution < -0.4 is 15.7 Å². The molecule has 0 atom stereocenters. The number of halogens is 1. The molecule has 0 fully saturated rings. The van der Waals surface area contributed by atoms with Crippen molar-refractivity contribution in [1.82, 2.24) is 19.2 Å². The average Bonchev–Trinajstić information content (AvgIpc) is 2.98. The molecule has 0 aliphatic heterocycles. The van der Waals surface area contributed by atoms with Crippen molar-refractivity contribution in [2.75, 3.05) is 12.4 Å². The summed E-state index contributed by atoms with van der Waals surface area (Å²) in [7, 11) is 1.49. The summed E-state index contributed by atoms with van der Waals surface area (Å²) in [6.45, 7) is 1.68. The number of methoxy groups -OCH3 is 1. The molecule has 0 saturated carbocycles. The molecule has 2 aromatic heterocycles. The Hall–Kier alpha value is -3.39. The van der Waals surface area contributed by atoms with Crippen LogP contribution in [0.5, 0.6) is 5.75 Å². The first-order valence-corrected chi connectivity index (χ1v) is 8.82. The van der Waals surface area contributed by atoms with Crippen LogP contribution in [0.1, 0.15) is 5.56 Å². The monoisotopic (exact) mass is 397 g/mol. The summed E-state index contributed by atoms with van der Waals surface area (Å²) in [4.78, 5) is 29.4. The second-order valence-corrected chi connectivity index (χ2v) is 6.68. The SMILES string of the molecule is COc1ccc(Cl)cc1NC(=O)Cn1nc2c3cccc(C)c3ncn2c1=O. The molecule has 28 heavy (non-hydrogen) atoms. The topological polar surface area (TPSA) is 90.5 Å². The first-order chi connectivity index (χ1) is 13.5. The maximum Gasteiger partial charge on any atom is 0.352 e. The van der Waals surface area contributed by atoms with E-state index in [1.165, 1.54) is 17.8 Å². The number of para-hydroxylation sites is 1. The van der Waals surface area contributed by atoms with Gasteiger partial charge in [-0.3, -0.25) is 4.79 Å². The summed E-state index contributed by atoms with van der Waals surface area (Å²) < 4.78 is 7.64. The molecule has 0 saturated heterocycles. The lowest BCUT2D eigenvalue weighted by atomic mass is 10.1. The highest BCUT2D eigenvalue weighted by Crippen LogP contribution is 2.27. The molecule has 2 heterocycles. The van der Waals surface area contributed by atoms with E-state index in [1.807, 2.05) is 25.1 Å². The zero-order chi connectivity index (χ0) is 19.8. The Bertz CT molecular complexity index is 1280. The Balaban J connectivity index is 1.68. The summed E-state index contributed by atoms with van der Waals surface area (Å²) in [5.74, 6) is 0.0327. The fourth-order valence-electron chi connectivity index (χ4n) is 3.04. The average molecular weight is 398 g/mol. The normalized spacial score (nSPS) is 11.1. The van der Waals surface area contributed by atoms with Gasteiger partial charge in [-0.2, -0.15) is 0 Å². The zero-order valence-corrected chi connectivity index (χ0v) is 15.9. The van der Waals surface area contributed by atoms with Crippen molar-refractivity contribution in [3.05, 3.63) is 63.8 Å². The van der Waals surface area contributed by atoms with E-state index < -0.39 is 11.6 Å². The Labute approximate surface area is 164 Å². The van der Waals surface area contributed by atoms with Crippen LogP contribution in [0.3, 0.4) is 0 Å². The second kappa shape index (κ2) is 6.97. The summed E-state index contributed by atoms with van der Waals surface area (Å²) in [5.41, 5.74) is 2.17. The number of aryl methyl sites for hydroxylation is 1. The third-order valence-corrected chi connectivity index (χ3v) is 4.62. The maximum absolute atomic E-state index is 12.6. The van der Waals surface area contributed by atoms with E-state index in [0.717, 1.165) is 21.1 Å². The standard InChI is InChI=1S/C19H16ClN5O3/c1-11-4-3-5-13-17(11)21-10-24-18(13)23-25(19(24)27)9-16(26)22-14-8-12(20)6-7-15(14)28-2/h3-8,10H,9H2,1-2H3,(H,22,26). The quantitative estimate of drug-likeness (QED) is 0.571. The van der Waals surface area contributed by atoms with E-state index in [4.69, 9.17) is 16.3 Å². The minimum atomic E-state index is -0.445. The fourth-order valence-corrected chi connectivity index (χ4v) is 3.21. The predicted molar refractivity (Wildman–Crippen MR) is 106 cm³/mol. The number of hydrogen-bond acceptors (Lipinski definition) is 5. The van der Waals surface area contributed by atoms with E-state index in [9.17, 15) is 9.59 Å². The number of fused-ring (bicyclic) bond motifs is 3. The Morgan fingerprint density at radius 2 is 2.11 bits per heavy atom. The number of hydrogen-bond donors (Lipinski definition) is 1. The molecule has 0 aliphatic carbocycles. The number of nitrogens with one attached hydrogen (secondary N) is 1. The molecule has 0 radical (unpaired) electrons. The van der Waals surface area contributed by atoms with Gasteiger partial charge in [-0.1, -0.05) is 23.7 Å². The highest BCUT2D eigenvalue weighted by atomic mass is 35.5. The lowest BCUT2D eigenvalue weighted by Gasteiger charge is -2.10. The third-order valence-electron chi connectivity index (χ3n) is 4.38. The van der Waals surface area contributed by atoms with Gasteiger partial charge in [0.2, 0.25) is 5.91 Å². The van der Waals surface area contributed by atoms with Crippen molar-refractivity contribution in [3.8, 4) is 5.75 Å². The van der Waals surface area contributed by atoms with Crippen LogP contribution in [0.2, 0.25) is 5.02 Å². The number of anilines is 1. The molecular formula is C19H16ClN5O3. The molecule has 0 aliphatic rings. The number of benzene rings is 2. The summed E-state index contributed by atoms with van der Waals surface area (Å²) in [6.07, 6.45) is 1.43. The van der Waals surface area contributed by atoms with E-state index in [0.29, 0.717) is 22.1 Å². The van der Waals surface area contributed by atoms with Crippen molar-refractivity contribution in [2.24, 2.45) is 0 Å². The van der Waals surface area contributed by atoms with Crippen LogP contribution in [-0.4, -0.2) is 32.2 Å². The zero-order valence-electron chi connectivity index (χ0n) is 15.1. The predicted octanol–water partition coefficient (Wildman–Crippen LogP) is 2.65. The van der Waals surface area contributed by atoms with E-state index in [1.54, 1.807) is 18.2 Å². The highest BCUT2D eigenvalue weighted by Gasteiger charge is 2.15. The van der Waals surface area contributed by atoms with Gasteiger partial charge >= 0.3 is 5.69 Å². The number of rotatable bonds is 4. The van der Waals surface area contributed by atoms with Crippen molar-refractivity contribution in [2.45, 2.75) is 13.5 Å². The van der Waals surface area contributed by atoms with Crippen LogP contribution in [0, 0.1) is 6.92 Å². The van der Waals surface area contributed by atoms with Gasteiger partial charge in [0.1, 0.15) is 18.6 Å². The van der Waals surface area contributed by atoms with E-state index >= 15 is 0 Å². The van der Waals surface area contributed by atoms with Crippen molar-refractivity contribution in [1.29, 1.82) is 0 Å². The lowest BCUT2D eigenvalue weighted by Crippen LogP contribution is -2.28. The number of carbonyl (C=O) groups is 1. The van der Waals surface area contributed by atoms with Crippen LogP contribution in [0.15, 0.2) is 47.5 Å². The molecule has 2 aromatic carbocycles. The van der Waals surface area contributed by atoms with Crippen molar-refractivity contribution in [3.63, 3.8) is 0 Å². The minimum absolute atomic E-state index is 0.260. The summed E-state index contributed by atoms with van der Waals surface area (Å²) in [5, 5.41) is 8.23. The molecule has 1 N–H and O–H groups in total. The molecule has 4 aromatic rings. The number of carbonyl (C=O) groups excluding carboxylic acids is 1. The van der Waals surface area contributed by atoms with Crippen LogP contribution >= 0.6 is 11.6 Å². The minimum Gasteiger partial charge on any atom is -0.495 e. The van der Waals surface area contributed by atoms with Gasteiger partial charge in [-0.25, -0.2) is 18.9 Å². The molecular weight excluding hydrogens is 382 g/mol. The Morgan fingerprint density at radius 3 is 2.89 bits per heavy atom. The van der Waals surface area contributed by atoms with Gasteiger partial charge in [0, 0.05) is 10.4 Å². The smallest absolute Gasteiger partial charge is 0.352 e. The third kappa shape index (κ3) is 3.07. The molecule has 0 unspecified atom stereocenters.